The second kappa shape index (κ2) is 3.92. The van der Waals surface area contributed by atoms with Gasteiger partial charge in [0.1, 0.15) is 0 Å². The van der Waals surface area contributed by atoms with E-state index in [2.05, 4.69) is 27.3 Å². The quantitative estimate of drug-likeness (QED) is 0.589. The molecule has 0 unspecified atom stereocenters. The van der Waals surface area contributed by atoms with Crippen LogP contribution < -0.4 is 0 Å². The third kappa shape index (κ3) is 1.78. The Morgan fingerprint density at radius 2 is 2.13 bits per heavy atom. The van der Waals surface area contributed by atoms with Gasteiger partial charge in [-0.3, -0.25) is 4.79 Å². The summed E-state index contributed by atoms with van der Waals surface area (Å²) in [5.74, 6) is -0.270. The van der Waals surface area contributed by atoms with Crippen LogP contribution in [0.4, 0.5) is 0 Å². The lowest BCUT2D eigenvalue weighted by molar-refractivity contribution is 0.0599. The highest BCUT2D eigenvalue weighted by atomic mass is 127. The first-order valence-corrected chi connectivity index (χ1v) is 5.65. The molecule has 4 heteroatoms. The van der Waals surface area contributed by atoms with Crippen LogP contribution in [0.15, 0.2) is 12.1 Å². The second-order valence-corrected chi connectivity index (χ2v) is 4.57. The van der Waals surface area contributed by atoms with Crippen LogP contribution in [0.25, 0.3) is 0 Å². The Morgan fingerprint density at radius 1 is 1.40 bits per heavy atom. The summed E-state index contributed by atoms with van der Waals surface area (Å²) < 4.78 is 5.50. The topological polar surface area (TPSA) is 43.4 Å². The van der Waals surface area contributed by atoms with Gasteiger partial charge in [-0.25, -0.2) is 4.79 Å². The number of ketones is 1. The fourth-order valence-electron chi connectivity index (χ4n) is 1.73. The van der Waals surface area contributed by atoms with Gasteiger partial charge in [-0.1, -0.05) is 0 Å². The zero-order valence-corrected chi connectivity index (χ0v) is 10.3. The van der Waals surface area contributed by atoms with Gasteiger partial charge in [-0.2, -0.15) is 0 Å². The van der Waals surface area contributed by atoms with E-state index in [-0.39, 0.29) is 11.8 Å². The number of benzene rings is 1. The van der Waals surface area contributed by atoms with Crippen molar-refractivity contribution in [1.29, 1.82) is 0 Å². The van der Waals surface area contributed by atoms with E-state index in [1.54, 1.807) is 6.07 Å². The molecular formula is C11H9IO3. The van der Waals surface area contributed by atoms with E-state index < -0.39 is 0 Å². The number of methoxy groups -OCH3 is 1. The lowest BCUT2D eigenvalue weighted by atomic mass is 10.1. The Balaban J connectivity index is 2.55. The van der Waals surface area contributed by atoms with Crippen molar-refractivity contribution in [2.45, 2.75) is 12.8 Å². The van der Waals surface area contributed by atoms with Gasteiger partial charge in [-0.05, 0) is 46.7 Å². The molecule has 1 aromatic carbocycles. The molecule has 0 amide bonds. The fourth-order valence-corrected chi connectivity index (χ4v) is 2.48. The van der Waals surface area contributed by atoms with Crippen molar-refractivity contribution in [2.24, 2.45) is 0 Å². The fraction of sp³-hybridized carbons (Fsp3) is 0.273. The average Bonchev–Trinajstić information content (AvgIpc) is 2.58. The molecule has 1 aromatic rings. The minimum atomic E-state index is -0.387. The Hall–Kier alpha value is -0.910. The number of hydrogen-bond acceptors (Lipinski definition) is 3. The third-order valence-corrected chi connectivity index (χ3v) is 3.41. The van der Waals surface area contributed by atoms with Crippen LogP contribution in [0, 0.1) is 3.57 Å². The molecule has 0 saturated carbocycles. The summed E-state index contributed by atoms with van der Waals surface area (Å²) in [6.45, 7) is 0. The summed E-state index contributed by atoms with van der Waals surface area (Å²) in [4.78, 5) is 22.9. The molecule has 0 heterocycles. The van der Waals surface area contributed by atoms with Crippen molar-refractivity contribution in [3.05, 3.63) is 32.4 Å². The molecule has 2 rings (SSSR count). The number of carbonyl (C=O) groups is 2. The molecule has 0 N–H and O–H groups in total. The van der Waals surface area contributed by atoms with Crippen molar-refractivity contribution < 1.29 is 14.3 Å². The summed E-state index contributed by atoms with van der Waals surface area (Å²) in [6, 6.07) is 3.55. The van der Waals surface area contributed by atoms with Crippen molar-refractivity contribution in [3.8, 4) is 0 Å². The highest BCUT2D eigenvalue weighted by Gasteiger charge is 2.23. The third-order valence-electron chi connectivity index (χ3n) is 2.52. The normalized spacial score (nSPS) is 13.9. The molecule has 0 spiro atoms. The summed E-state index contributed by atoms with van der Waals surface area (Å²) in [5, 5.41) is 0. The number of hydrogen-bond donors (Lipinski definition) is 0. The van der Waals surface area contributed by atoms with E-state index in [9.17, 15) is 9.59 Å². The maximum Gasteiger partial charge on any atom is 0.338 e. The molecule has 0 aromatic heterocycles. The Bertz CT molecular complexity index is 451. The first-order chi connectivity index (χ1) is 7.13. The highest BCUT2D eigenvalue weighted by molar-refractivity contribution is 14.1. The standard InChI is InChI=1S/C11H9IO3/c1-15-11(14)8-5-7-6(4-9(8)12)2-3-10(7)13/h4-5H,2-3H2,1H3. The van der Waals surface area contributed by atoms with E-state index in [0.717, 1.165) is 15.6 Å². The van der Waals surface area contributed by atoms with E-state index in [1.165, 1.54) is 7.11 Å². The molecule has 1 aliphatic rings. The first kappa shape index (κ1) is 10.6. The van der Waals surface area contributed by atoms with Crippen LogP contribution in [0.1, 0.15) is 32.7 Å². The molecule has 0 radical (unpaired) electrons. The van der Waals surface area contributed by atoms with Crippen LogP contribution in [0.5, 0.6) is 0 Å². The van der Waals surface area contributed by atoms with Gasteiger partial charge in [-0.15, -0.1) is 0 Å². The van der Waals surface area contributed by atoms with E-state index in [0.29, 0.717) is 17.5 Å². The molecule has 0 fully saturated rings. The van der Waals surface area contributed by atoms with Crippen molar-refractivity contribution in [2.75, 3.05) is 7.11 Å². The molecule has 3 nitrogen and oxygen atoms in total. The number of Topliss-reactive ketones (excluding diaryl/α,β-unsaturated/α-hetero) is 1. The van der Waals surface area contributed by atoms with Crippen LogP contribution in [-0.2, 0) is 11.2 Å². The van der Waals surface area contributed by atoms with Gasteiger partial charge in [0.05, 0.1) is 12.7 Å². The molecule has 15 heavy (non-hydrogen) atoms. The number of halogens is 1. The van der Waals surface area contributed by atoms with E-state index in [1.807, 2.05) is 6.07 Å². The highest BCUT2D eigenvalue weighted by Crippen LogP contribution is 2.26. The Morgan fingerprint density at radius 3 is 2.80 bits per heavy atom. The first-order valence-electron chi connectivity index (χ1n) is 4.57. The van der Waals surface area contributed by atoms with Crippen LogP contribution in [0.3, 0.4) is 0 Å². The largest absolute Gasteiger partial charge is 0.465 e. The second-order valence-electron chi connectivity index (χ2n) is 3.40. The molecule has 0 aliphatic heterocycles. The number of rotatable bonds is 1. The summed E-state index contributed by atoms with van der Waals surface area (Å²) in [7, 11) is 1.34. The minimum absolute atomic E-state index is 0.117. The zero-order valence-electron chi connectivity index (χ0n) is 8.17. The molecule has 0 atom stereocenters. The monoisotopic (exact) mass is 316 g/mol. The number of ether oxygens (including phenoxy) is 1. The molecule has 0 bridgehead atoms. The molecule has 1 aliphatic carbocycles. The summed E-state index contributed by atoms with van der Waals surface area (Å²) >= 11 is 2.09. The smallest absolute Gasteiger partial charge is 0.338 e. The lowest BCUT2D eigenvalue weighted by Gasteiger charge is -2.05. The SMILES string of the molecule is COC(=O)c1cc2c(cc1I)CCC2=O. The van der Waals surface area contributed by atoms with E-state index >= 15 is 0 Å². The minimum Gasteiger partial charge on any atom is -0.465 e. The predicted molar refractivity (Wildman–Crippen MR) is 63.2 cm³/mol. The number of aryl methyl sites for hydroxylation is 1. The van der Waals surface area contributed by atoms with Gasteiger partial charge >= 0.3 is 5.97 Å². The van der Waals surface area contributed by atoms with Crippen LogP contribution in [0.2, 0.25) is 0 Å². The number of carbonyl (C=O) groups excluding carboxylic acids is 2. The van der Waals surface area contributed by atoms with Gasteiger partial charge in [0.25, 0.3) is 0 Å². The zero-order chi connectivity index (χ0) is 11.0. The molecular weight excluding hydrogens is 307 g/mol. The summed E-state index contributed by atoms with van der Waals surface area (Å²) in [5.41, 5.74) is 2.19. The average molecular weight is 316 g/mol. The Kier molecular flexibility index (Phi) is 2.77. The van der Waals surface area contributed by atoms with E-state index in [4.69, 9.17) is 0 Å². The number of fused-ring (bicyclic) bond motifs is 1. The number of esters is 1. The van der Waals surface area contributed by atoms with Gasteiger partial charge in [0, 0.05) is 15.6 Å². The predicted octanol–water partition coefficient (Wildman–Crippen LogP) is 2.21. The van der Waals surface area contributed by atoms with Crippen LogP contribution >= 0.6 is 22.6 Å². The molecule has 0 saturated heterocycles. The van der Waals surface area contributed by atoms with Crippen molar-refractivity contribution in [3.63, 3.8) is 0 Å². The maximum atomic E-state index is 11.5. The van der Waals surface area contributed by atoms with Gasteiger partial charge in [0.15, 0.2) is 5.78 Å². The maximum absolute atomic E-state index is 11.5. The van der Waals surface area contributed by atoms with Gasteiger partial charge < -0.3 is 4.74 Å². The molecule has 78 valence electrons. The van der Waals surface area contributed by atoms with Gasteiger partial charge in [0.2, 0.25) is 0 Å². The lowest BCUT2D eigenvalue weighted by Crippen LogP contribution is -2.06. The van der Waals surface area contributed by atoms with Crippen LogP contribution in [-0.4, -0.2) is 18.9 Å². The van der Waals surface area contributed by atoms with Crippen molar-refractivity contribution >= 4 is 34.3 Å². The summed E-state index contributed by atoms with van der Waals surface area (Å²) in [6.07, 6.45) is 1.33. The Labute approximate surface area is 101 Å². The van der Waals surface area contributed by atoms with Crippen molar-refractivity contribution in [1.82, 2.24) is 0 Å².